The summed E-state index contributed by atoms with van der Waals surface area (Å²) >= 11 is 1.69. The third-order valence-electron chi connectivity index (χ3n) is 2.92. The van der Waals surface area contributed by atoms with Gasteiger partial charge in [-0.15, -0.1) is 5.10 Å². The predicted octanol–water partition coefficient (Wildman–Crippen LogP) is 0.944. The highest BCUT2D eigenvalue weighted by Crippen LogP contribution is 2.21. The van der Waals surface area contributed by atoms with E-state index in [1.807, 2.05) is 4.68 Å². The summed E-state index contributed by atoms with van der Waals surface area (Å²) in [5.74, 6) is 0.946. The van der Waals surface area contributed by atoms with Crippen LogP contribution in [0.5, 0.6) is 0 Å². The van der Waals surface area contributed by atoms with E-state index < -0.39 is 0 Å². The summed E-state index contributed by atoms with van der Waals surface area (Å²) in [6.45, 7) is 5.68. The van der Waals surface area contributed by atoms with Gasteiger partial charge in [0.2, 0.25) is 5.16 Å². The quantitative estimate of drug-likeness (QED) is 0.588. The Labute approximate surface area is 112 Å². The van der Waals surface area contributed by atoms with Gasteiger partial charge in [-0.1, -0.05) is 18.7 Å². The van der Waals surface area contributed by atoms with Crippen molar-refractivity contribution in [2.24, 2.45) is 0 Å². The zero-order chi connectivity index (χ0) is 12.6. The number of nitrogens with one attached hydrogen (secondary N) is 1. The Kier molecular flexibility index (Phi) is 5.89. The highest BCUT2D eigenvalue weighted by molar-refractivity contribution is 7.99. The van der Waals surface area contributed by atoms with Crippen LogP contribution in [0.25, 0.3) is 0 Å². The standard InChI is InChI=1S/C11H21N5OS/c1-2-12-6-7-16-11(13-14-15-16)18-9-10-5-3-4-8-17-10/h10,12H,2-9H2,1H3. The van der Waals surface area contributed by atoms with Crippen molar-refractivity contribution in [3.8, 4) is 0 Å². The van der Waals surface area contributed by atoms with Crippen LogP contribution >= 0.6 is 11.8 Å². The number of nitrogens with zero attached hydrogens (tertiary/aromatic N) is 4. The summed E-state index contributed by atoms with van der Waals surface area (Å²) in [5.41, 5.74) is 0. The normalized spacial score (nSPS) is 20.2. The van der Waals surface area contributed by atoms with Gasteiger partial charge in [-0.25, -0.2) is 4.68 Å². The number of rotatable bonds is 7. The van der Waals surface area contributed by atoms with Gasteiger partial charge in [0.1, 0.15) is 0 Å². The third-order valence-corrected chi connectivity index (χ3v) is 4.01. The van der Waals surface area contributed by atoms with Crippen LogP contribution in [0.4, 0.5) is 0 Å². The lowest BCUT2D eigenvalue weighted by Crippen LogP contribution is -2.22. The molecule has 0 radical (unpaired) electrons. The van der Waals surface area contributed by atoms with E-state index in [0.29, 0.717) is 6.10 Å². The summed E-state index contributed by atoms with van der Waals surface area (Å²) in [4.78, 5) is 0. The fraction of sp³-hybridized carbons (Fsp3) is 0.909. The van der Waals surface area contributed by atoms with Gasteiger partial charge in [-0.2, -0.15) is 0 Å². The number of thioether (sulfide) groups is 1. The van der Waals surface area contributed by atoms with Crippen molar-refractivity contribution in [1.82, 2.24) is 25.5 Å². The van der Waals surface area contributed by atoms with Crippen LogP contribution in [0.3, 0.4) is 0 Å². The van der Waals surface area contributed by atoms with Crippen LogP contribution in [-0.2, 0) is 11.3 Å². The summed E-state index contributed by atoms with van der Waals surface area (Å²) in [6, 6.07) is 0. The first-order chi connectivity index (χ1) is 8.90. The fourth-order valence-electron chi connectivity index (χ4n) is 1.91. The molecule has 1 aliphatic rings. The molecule has 1 unspecified atom stereocenters. The van der Waals surface area contributed by atoms with Gasteiger partial charge in [-0.05, 0) is 36.2 Å². The molecule has 1 N–H and O–H groups in total. The molecule has 0 aliphatic carbocycles. The van der Waals surface area contributed by atoms with Gasteiger partial charge in [0.25, 0.3) is 0 Å². The van der Waals surface area contributed by atoms with Crippen molar-refractivity contribution < 1.29 is 4.74 Å². The Morgan fingerprint density at radius 3 is 3.22 bits per heavy atom. The second kappa shape index (κ2) is 7.70. The molecule has 0 amide bonds. The molecule has 2 heterocycles. The number of ether oxygens (including phenoxy) is 1. The first-order valence-electron chi connectivity index (χ1n) is 6.61. The maximum atomic E-state index is 5.70. The van der Waals surface area contributed by atoms with Crippen LogP contribution in [-0.4, -0.2) is 51.8 Å². The average Bonchev–Trinajstić information content (AvgIpc) is 2.86. The van der Waals surface area contributed by atoms with Crippen molar-refractivity contribution in [2.75, 3.05) is 25.4 Å². The lowest BCUT2D eigenvalue weighted by atomic mass is 10.1. The van der Waals surface area contributed by atoms with E-state index in [0.717, 1.165) is 43.6 Å². The highest BCUT2D eigenvalue weighted by atomic mass is 32.2. The van der Waals surface area contributed by atoms with Gasteiger partial charge < -0.3 is 10.1 Å². The van der Waals surface area contributed by atoms with Crippen molar-refractivity contribution in [3.63, 3.8) is 0 Å². The molecule has 102 valence electrons. The van der Waals surface area contributed by atoms with E-state index in [-0.39, 0.29) is 0 Å². The van der Waals surface area contributed by atoms with E-state index >= 15 is 0 Å². The molecule has 1 saturated heterocycles. The second-order valence-electron chi connectivity index (χ2n) is 4.34. The average molecular weight is 271 g/mol. The number of hydrogen-bond acceptors (Lipinski definition) is 6. The molecule has 1 atom stereocenters. The zero-order valence-corrected chi connectivity index (χ0v) is 11.7. The van der Waals surface area contributed by atoms with Crippen LogP contribution in [0.15, 0.2) is 5.16 Å². The topological polar surface area (TPSA) is 64.9 Å². The van der Waals surface area contributed by atoms with Crippen molar-refractivity contribution in [3.05, 3.63) is 0 Å². The molecule has 0 bridgehead atoms. The van der Waals surface area contributed by atoms with E-state index in [1.54, 1.807) is 11.8 Å². The minimum Gasteiger partial charge on any atom is -0.377 e. The summed E-state index contributed by atoms with van der Waals surface area (Å²) in [7, 11) is 0. The van der Waals surface area contributed by atoms with Crippen LogP contribution < -0.4 is 5.32 Å². The Bertz CT molecular complexity index is 340. The smallest absolute Gasteiger partial charge is 0.209 e. The maximum absolute atomic E-state index is 5.70. The largest absolute Gasteiger partial charge is 0.377 e. The van der Waals surface area contributed by atoms with Gasteiger partial charge in [0.05, 0.1) is 12.6 Å². The van der Waals surface area contributed by atoms with E-state index in [4.69, 9.17) is 4.74 Å². The Balaban J connectivity index is 1.75. The number of aromatic nitrogens is 4. The molecule has 6 nitrogen and oxygen atoms in total. The van der Waals surface area contributed by atoms with Crippen molar-refractivity contribution >= 4 is 11.8 Å². The summed E-state index contributed by atoms with van der Waals surface area (Å²) < 4.78 is 7.56. The number of hydrogen-bond donors (Lipinski definition) is 1. The SMILES string of the molecule is CCNCCn1nnnc1SCC1CCCCO1. The molecule has 7 heteroatoms. The van der Waals surface area contributed by atoms with Crippen molar-refractivity contribution in [1.29, 1.82) is 0 Å². The molecule has 0 spiro atoms. The minimum atomic E-state index is 0.364. The molecular formula is C11H21N5OS. The molecular weight excluding hydrogens is 250 g/mol. The Hall–Kier alpha value is -0.660. The second-order valence-corrected chi connectivity index (χ2v) is 5.32. The summed E-state index contributed by atoms with van der Waals surface area (Å²) in [5, 5.41) is 16.0. The first kappa shape index (κ1) is 13.8. The van der Waals surface area contributed by atoms with E-state index in [9.17, 15) is 0 Å². The molecule has 1 aromatic heterocycles. The molecule has 1 aliphatic heterocycles. The van der Waals surface area contributed by atoms with E-state index in [1.165, 1.54) is 12.8 Å². The predicted molar refractivity (Wildman–Crippen MR) is 70.7 cm³/mol. The third kappa shape index (κ3) is 4.22. The van der Waals surface area contributed by atoms with E-state index in [2.05, 4.69) is 27.8 Å². The molecule has 1 fully saturated rings. The maximum Gasteiger partial charge on any atom is 0.209 e. The van der Waals surface area contributed by atoms with Gasteiger partial charge >= 0.3 is 0 Å². The molecule has 1 aromatic rings. The lowest BCUT2D eigenvalue weighted by Gasteiger charge is -2.21. The van der Waals surface area contributed by atoms with Gasteiger partial charge in [0, 0.05) is 18.9 Å². The van der Waals surface area contributed by atoms with Crippen LogP contribution in [0.1, 0.15) is 26.2 Å². The Morgan fingerprint density at radius 2 is 2.44 bits per heavy atom. The highest BCUT2D eigenvalue weighted by Gasteiger charge is 2.16. The minimum absolute atomic E-state index is 0.364. The molecule has 2 rings (SSSR count). The van der Waals surface area contributed by atoms with Crippen LogP contribution in [0, 0.1) is 0 Å². The number of tetrazole rings is 1. The lowest BCUT2D eigenvalue weighted by molar-refractivity contribution is 0.0315. The number of likely N-dealkylation sites (N-methyl/N-ethyl adjacent to an activating group) is 1. The first-order valence-corrected chi connectivity index (χ1v) is 7.60. The molecule has 18 heavy (non-hydrogen) atoms. The van der Waals surface area contributed by atoms with Crippen molar-refractivity contribution in [2.45, 2.75) is 44.0 Å². The summed E-state index contributed by atoms with van der Waals surface area (Å²) in [6.07, 6.45) is 3.99. The molecule has 0 aromatic carbocycles. The van der Waals surface area contributed by atoms with Crippen LogP contribution in [0.2, 0.25) is 0 Å². The Morgan fingerprint density at radius 1 is 1.50 bits per heavy atom. The van der Waals surface area contributed by atoms with Gasteiger partial charge in [-0.3, -0.25) is 0 Å². The molecule has 0 saturated carbocycles. The zero-order valence-electron chi connectivity index (χ0n) is 10.8. The van der Waals surface area contributed by atoms with Gasteiger partial charge in [0.15, 0.2) is 0 Å². The fourth-order valence-corrected chi connectivity index (χ4v) is 2.88. The monoisotopic (exact) mass is 271 g/mol.